The quantitative estimate of drug-likeness (QED) is 0.0697. The number of nitrogens with one attached hydrogen (secondary N) is 2. The van der Waals surface area contributed by atoms with E-state index in [0.29, 0.717) is 45.3 Å². The van der Waals surface area contributed by atoms with E-state index in [1.165, 1.54) is 0 Å². The molecule has 1 rings (SSSR count). The van der Waals surface area contributed by atoms with Crippen LogP contribution in [0.25, 0.3) is 0 Å². The summed E-state index contributed by atoms with van der Waals surface area (Å²) in [5, 5.41) is 5.59. The molecule has 0 bridgehead atoms. The molecule has 0 heterocycles. The van der Waals surface area contributed by atoms with Crippen molar-refractivity contribution >= 4 is 47.3 Å². The van der Waals surface area contributed by atoms with E-state index in [2.05, 4.69) is 24.5 Å². The van der Waals surface area contributed by atoms with Gasteiger partial charge < -0.3 is 41.0 Å². The molecule has 0 saturated heterocycles. The van der Waals surface area contributed by atoms with E-state index >= 15 is 0 Å². The number of hydrogen-bond acceptors (Lipinski definition) is 12. The monoisotopic (exact) mass is 728 g/mol. The van der Waals surface area contributed by atoms with Gasteiger partial charge in [-0.3, -0.25) is 19.2 Å². The molecular weight excluding hydrogens is 669 g/mol. The molecule has 5 atom stereocenters. The number of carbonyl (C=O) groups excluding carboxylic acids is 4. The van der Waals surface area contributed by atoms with E-state index in [-0.39, 0.29) is 56.5 Å². The number of amides is 2. The van der Waals surface area contributed by atoms with Gasteiger partial charge in [0.1, 0.15) is 6.61 Å². The fourth-order valence-corrected chi connectivity index (χ4v) is 6.11. The van der Waals surface area contributed by atoms with Gasteiger partial charge in [0, 0.05) is 38.2 Å². The maximum Gasteiger partial charge on any atom is 0.307 e. The molecule has 0 aliphatic heterocycles. The summed E-state index contributed by atoms with van der Waals surface area (Å²) in [6.07, 6.45) is 1.05. The molecule has 0 aliphatic rings. The molecule has 0 spiro atoms. The highest BCUT2D eigenvalue weighted by Gasteiger charge is 2.28. The van der Waals surface area contributed by atoms with Crippen LogP contribution in [0.2, 0.25) is 0 Å². The molecule has 0 aromatic heterocycles. The first-order chi connectivity index (χ1) is 23.6. The van der Waals surface area contributed by atoms with Gasteiger partial charge in [0.05, 0.1) is 19.1 Å². The minimum absolute atomic E-state index is 0.0277. The molecule has 12 nitrogen and oxygen atoms in total. The van der Waals surface area contributed by atoms with Crippen molar-refractivity contribution in [3.63, 3.8) is 0 Å². The van der Waals surface area contributed by atoms with Gasteiger partial charge in [0.25, 0.3) is 11.8 Å². The predicted octanol–water partition coefficient (Wildman–Crippen LogP) is 3.58. The zero-order valence-corrected chi connectivity index (χ0v) is 31.5. The Balaban J connectivity index is 2.40. The summed E-state index contributed by atoms with van der Waals surface area (Å²) < 4.78 is 22.3. The van der Waals surface area contributed by atoms with Crippen LogP contribution < -0.4 is 22.1 Å². The van der Waals surface area contributed by atoms with Gasteiger partial charge in [0.2, 0.25) is 0 Å². The molecule has 280 valence electrons. The standard InChI is InChI=1S/C35H60N4O8S2/c1-5-44-32(28(36)18-23-48-6-2)34(42)38-20-11-16-30(40)45-22-12-13-26(4)47-33(29(37)19-24-49-7-3)35(43)39-21-17-31(41)46-25-27-14-9-8-10-15-27/h8-10,14-15,26,28-29,32-33H,5-7,11-13,16-25,36-37H2,1-4H3,(H,38,42)(H,39,43)/t26?,28-,29-,32?,33?/m1/s1. The molecular formula is C35H60N4O8S2. The van der Waals surface area contributed by atoms with Crippen molar-refractivity contribution in [1.82, 2.24) is 10.6 Å². The third-order valence-electron chi connectivity index (χ3n) is 7.36. The molecule has 1 aromatic rings. The van der Waals surface area contributed by atoms with E-state index in [0.717, 1.165) is 28.6 Å². The second kappa shape index (κ2) is 28.3. The zero-order chi connectivity index (χ0) is 36.3. The maximum atomic E-state index is 13.1. The third-order valence-corrected chi connectivity index (χ3v) is 9.23. The fraction of sp³-hybridized carbons (Fsp3) is 0.714. The summed E-state index contributed by atoms with van der Waals surface area (Å²) in [5.41, 5.74) is 13.5. The molecule has 49 heavy (non-hydrogen) atoms. The number of nitrogens with two attached hydrogens (primary N) is 2. The van der Waals surface area contributed by atoms with E-state index in [1.807, 2.05) is 44.2 Å². The number of thioether (sulfide) groups is 2. The minimum atomic E-state index is -0.891. The number of carbonyl (C=O) groups is 4. The lowest BCUT2D eigenvalue weighted by atomic mass is 10.1. The van der Waals surface area contributed by atoms with Gasteiger partial charge in [-0.2, -0.15) is 23.5 Å². The second-order valence-electron chi connectivity index (χ2n) is 11.5. The average molecular weight is 729 g/mol. The number of esters is 2. The van der Waals surface area contributed by atoms with Crippen LogP contribution in [-0.4, -0.2) is 103 Å². The number of rotatable bonds is 29. The van der Waals surface area contributed by atoms with Crippen LogP contribution in [0, 0.1) is 0 Å². The highest BCUT2D eigenvalue weighted by atomic mass is 32.2. The van der Waals surface area contributed by atoms with Crippen LogP contribution in [0.4, 0.5) is 0 Å². The van der Waals surface area contributed by atoms with Crippen molar-refractivity contribution in [2.24, 2.45) is 11.5 Å². The molecule has 3 unspecified atom stereocenters. The van der Waals surface area contributed by atoms with Crippen LogP contribution in [-0.2, 0) is 44.7 Å². The van der Waals surface area contributed by atoms with E-state index in [9.17, 15) is 19.2 Å². The Kier molecular flexibility index (Phi) is 25.8. The smallest absolute Gasteiger partial charge is 0.307 e. The van der Waals surface area contributed by atoms with Gasteiger partial charge in [-0.15, -0.1) is 0 Å². The van der Waals surface area contributed by atoms with E-state index in [4.69, 9.17) is 30.4 Å². The molecule has 0 radical (unpaired) electrons. The summed E-state index contributed by atoms with van der Waals surface area (Å²) in [6.45, 7) is 9.00. The highest BCUT2D eigenvalue weighted by molar-refractivity contribution is 7.99. The Morgan fingerprint density at radius 3 is 1.98 bits per heavy atom. The predicted molar refractivity (Wildman–Crippen MR) is 197 cm³/mol. The first-order valence-electron chi connectivity index (χ1n) is 17.5. The van der Waals surface area contributed by atoms with Crippen molar-refractivity contribution in [3.05, 3.63) is 35.9 Å². The van der Waals surface area contributed by atoms with E-state index in [1.54, 1.807) is 23.5 Å². The lowest BCUT2D eigenvalue weighted by molar-refractivity contribution is -0.145. The van der Waals surface area contributed by atoms with Crippen molar-refractivity contribution < 1.29 is 38.1 Å². The normalized spacial score (nSPS) is 14.2. The zero-order valence-electron chi connectivity index (χ0n) is 29.8. The largest absolute Gasteiger partial charge is 0.466 e. The minimum Gasteiger partial charge on any atom is -0.466 e. The first kappa shape index (κ1) is 44.7. The van der Waals surface area contributed by atoms with Crippen LogP contribution in [0.3, 0.4) is 0 Å². The van der Waals surface area contributed by atoms with E-state index < -0.39 is 30.3 Å². The number of benzene rings is 1. The summed E-state index contributed by atoms with van der Waals surface area (Å²) >= 11 is 3.50. The van der Waals surface area contributed by atoms with Gasteiger partial charge >= 0.3 is 11.9 Å². The lowest BCUT2D eigenvalue weighted by Gasteiger charge is -2.27. The van der Waals surface area contributed by atoms with Crippen molar-refractivity contribution in [1.29, 1.82) is 0 Å². The van der Waals surface area contributed by atoms with Crippen molar-refractivity contribution in [2.45, 2.75) is 110 Å². The Bertz CT molecular complexity index is 1060. The molecule has 1 aromatic carbocycles. The average Bonchev–Trinajstić information content (AvgIpc) is 3.09. The molecule has 6 N–H and O–H groups in total. The topological polar surface area (TPSA) is 181 Å². The highest BCUT2D eigenvalue weighted by Crippen LogP contribution is 2.14. The summed E-state index contributed by atoms with van der Waals surface area (Å²) in [4.78, 5) is 50.1. The number of ether oxygens (including phenoxy) is 4. The van der Waals surface area contributed by atoms with Crippen LogP contribution in [0.5, 0.6) is 0 Å². The molecule has 0 saturated carbocycles. The van der Waals surface area contributed by atoms with Gasteiger partial charge in [0.15, 0.2) is 12.2 Å². The van der Waals surface area contributed by atoms with Gasteiger partial charge in [-0.25, -0.2) is 0 Å². The third kappa shape index (κ3) is 21.5. The Morgan fingerprint density at radius 1 is 0.755 bits per heavy atom. The van der Waals surface area contributed by atoms with Gasteiger partial charge in [-0.1, -0.05) is 44.2 Å². The lowest BCUT2D eigenvalue weighted by Crippen LogP contribution is -2.50. The summed E-state index contributed by atoms with van der Waals surface area (Å²) in [7, 11) is 0. The number of hydrogen-bond donors (Lipinski definition) is 4. The summed E-state index contributed by atoms with van der Waals surface area (Å²) in [5.74, 6) is 2.19. The first-order valence-corrected chi connectivity index (χ1v) is 19.8. The second-order valence-corrected chi connectivity index (χ2v) is 14.3. The fourth-order valence-electron chi connectivity index (χ4n) is 4.65. The van der Waals surface area contributed by atoms with Crippen LogP contribution in [0.15, 0.2) is 30.3 Å². The van der Waals surface area contributed by atoms with Crippen molar-refractivity contribution in [2.75, 3.05) is 49.3 Å². The SMILES string of the molecule is CCOC(C(=O)NCCCC(=O)OCCCC(C)OC(C(=O)NCCC(=O)OCc1ccccc1)[C@H](N)CCSCC)[C@H](N)CCSCC. The Morgan fingerprint density at radius 2 is 1.35 bits per heavy atom. The van der Waals surface area contributed by atoms with Gasteiger partial charge in [-0.05, 0) is 74.5 Å². The Labute approximate surface area is 301 Å². The molecule has 0 aliphatic carbocycles. The molecule has 14 heteroatoms. The van der Waals surface area contributed by atoms with Crippen LogP contribution >= 0.6 is 23.5 Å². The summed E-state index contributed by atoms with van der Waals surface area (Å²) in [6, 6.07) is 8.46. The Hall–Kier alpha value is -2.36. The maximum absolute atomic E-state index is 13.1. The molecule has 2 amide bonds. The van der Waals surface area contributed by atoms with Crippen LogP contribution in [0.1, 0.15) is 78.2 Å². The molecule has 0 fully saturated rings. The van der Waals surface area contributed by atoms with Crippen molar-refractivity contribution in [3.8, 4) is 0 Å².